The van der Waals surface area contributed by atoms with Gasteiger partial charge in [-0.15, -0.1) is 12.4 Å². The Labute approximate surface area is 70.6 Å². The first-order valence-corrected chi connectivity index (χ1v) is 3.07. The highest BCUT2D eigenvalue weighted by Crippen LogP contribution is 2.00. The lowest BCUT2D eigenvalue weighted by molar-refractivity contribution is 0.0381. The smallest absolute Gasteiger partial charge is 0.450 e. The van der Waals surface area contributed by atoms with Gasteiger partial charge in [-0.05, 0) is 0 Å². The Morgan fingerprint density at radius 3 is 2.82 bits per heavy atom. The molecule has 1 heterocycles. The van der Waals surface area contributed by atoms with Gasteiger partial charge in [-0.25, -0.2) is 4.79 Å². The van der Waals surface area contributed by atoms with E-state index in [-0.39, 0.29) is 18.6 Å². The van der Waals surface area contributed by atoms with Gasteiger partial charge in [-0.3, -0.25) is 5.32 Å². The predicted molar refractivity (Wildman–Crippen MR) is 41.9 cm³/mol. The molecule has 5 heteroatoms. The van der Waals surface area contributed by atoms with Crippen LogP contribution in [0.3, 0.4) is 0 Å². The lowest BCUT2D eigenvalue weighted by Crippen LogP contribution is -2.35. The highest BCUT2D eigenvalue weighted by molar-refractivity contribution is 5.85. The molecule has 1 rings (SSSR count). The average Bonchev–Trinajstić information content (AvgIpc) is 1.88. The van der Waals surface area contributed by atoms with Gasteiger partial charge >= 0.3 is 6.16 Å². The van der Waals surface area contributed by atoms with Crippen molar-refractivity contribution in [1.82, 2.24) is 5.32 Å². The van der Waals surface area contributed by atoms with Gasteiger partial charge < -0.3 is 9.84 Å². The number of ether oxygens (including phenoxy) is 1. The molecule has 0 aromatic carbocycles. The summed E-state index contributed by atoms with van der Waals surface area (Å²) in [4.78, 5) is 9.98. The van der Waals surface area contributed by atoms with Gasteiger partial charge in [0.15, 0.2) is 6.23 Å². The third-order valence-corrected chi connectivity index (χ3v) is 1.22. The fraction of sp³-hybridized carbons (Fsp3) is 0.500. The van der Waals surface area contributed by atoms with E-state index in [1.807, 2.05) is 12.2 Å². The molecular formula is C6H10ClNO3. The zero-order chi connectivity index (χ0) is 7.40. The fourth-order valence-corrected chi connectivity index (χ4v) is 0.797. The molecule has 2 N–H and O–H groups in total. The molecule has 0 saturated carbocycles. The van der Waals surface area contributed by atoms with Crippen LogP contribution in [-0.2, 0) is 4.74 Å². The summed E-state index contributed by atoms with van der Waals surface area (Å²) in [6.07, 6.45) is 2.85. The molecule has 1 atom stereocenters. The second-order valence-electron chi connectivity index (χ2n) is 1.99. The van der Waals surface area contributed by atoms with Gasteiger partial charge in [0.1, 0.15) is 0 Å². The molecule has 0 spiro atoms. The summed E-state index contributed by atoms with van der Waals surface area (Å²) in [5, 5.41) is 11.0. The Kier molecular flexibility index (Phi) is 4.65. The largest absolute Gasteiger partial charge is 0.507 e. The SMILES string of the molecule is Cl.O=C(O)OC1CC=CCN1. The highest BCUT2D eigenvalue weighted by Gasteiger charge is 2.11. The molecule has 0 fully saturated rings. The molecule has 0 aromatic rings. The molecular weight excluding hydrogens is 170 g/mol. The summed E-state index contributed by atoms with van der Waals surface area (Å²) in [5.74, 6) is 0. The Balaban J connectivity index is 0.000001000. The second kappa shape index (κ2) is 4.98. The Morgan fingerprint density at radius 1 is 1.64 bits per heavy atom. The van der Waals surface area contributed by atoms with E-state index in [4.69, 9.17) is 5.11 Å². The number of hydrogen-bond donors (Lipinski definition) is 2. The van der Waals surface area contributed by atoms with Crippen LogP contribution < -0.4 is 5.32 Å². The van der Waals surface area contributed by atoms with Crippen molar-refractivity contribution >= 4 is 18.6 Å². The van der Waals surface area contributed by atoms with E-state index in [1.54, 1.807) is 0 Å². The van der Waals surface area contributed by atoms with Gasteiger partial charge in [0, 0.05) is 13.0 Å². The van der Waals surface area contributed by atoms with Crippen molar-refractivity contribution in [1.29, 1.82) is 0 Å². The van der Waals surface area contributed by atoms with E-state index >= 15 is 0 Å². The van der Waals surface area contributed by atoms with Gasteiger partial charge in [-0.2, -0.15) is 0 Å². The summed E-state index contributed by atoms with van der Waals surface area (Å²) in [6, 6.07) is 0. The standard InChI is InChI=1S/C6H9NO3.ClH/c8-6(9)10-5-3-1-2-4-7-5;/h1-2,5,7H,3-4H2,(H,8,9);1H. The zero-order valence-electron chi connectivity index (χ0n) is 5.82. The van der Waals surface area contributed by atoms with E-state index in [0.29, 0.717) is 13.0 Å². The number of carboxylic acid groups (broad SMARTS) is 1. The maximum absolute atomic E-state index is 9.98. The van der Waals surface area contributed by atoms with Crippen LogP contribution in [0.4, 0.5) is 4.79 Å². The van der Waals surface area contributed by atoms with Crippen LogP contribution in [0.15, 0.2) is 12.2 Å². The van der Waals surface area contributed by atoms with Crippen molar-refractivity contribution in [3.63, 3.8) is 0 Å². The van der Waals surface area contributed by atoms with E-state index in [9.17, 15) is 4.79 Å². The number of hydrogen-bond acceptors (Lipinski definition) is 3. The summed E-state index contributed by atoms with van der Waals surface area (Å²) >= 11 is 0. The topological polar surface area (TPSA) is 58.6 Å². The van der Waals surface area contributed by atoms with Crippen molar-refractivity contribution in [3.05, 3.63) is 12.2 Å². The summed E-state index contributed by atoms with van der Waals surface area (Å²) in [7, 11) is 0. The van der Waals surface area contributed by atoms with Gasteiger partial charge in [0.2, 0.25) is 0 Å². The highest BCUT2D eigenvalue weighted by atomic mass is 35.5. The lowest BCUT2D eigenvalue weighted by Gasteiger charge is -2.17. The van der Waals surface area contributed by atoms with Gasteiger partial charge in [0.25, 0.3) is 0 Å². The maximum Gasteiger partial charge on any atom is 0.507 e. The Bertz CT molecular complexity index is 160. The first-order valence-electron chi connectivity index (χ1n) is 3.07. The van der Waals surface area contributed by atoms with Crippen LogP contribution >= 0.6 is 12.4 Å². The van der Waals surface area contributed by atoms with E-state index < -0.39 is 6.16 Å². The van der Waals surface area contributed by atoms with Crippen LogP contribution in [0.2, 0.25) is 0 Å². The van der Waals surface area contributed by atoms with Crippen LogP contribution in [0.5, 0.6) is 0 Å². The molecule has 1 unspecified atom stereocenters. The summed E-state index contributed by atoms with van der Waals surface area (Å²) in [6.45, 7) is 0.679. The molecule has 64 valence electrons. The zero-order valence-corrected chi connectivity index (χ0v) is 6.63. The Hall–Kier alpha value is -0.740. The first kappa shape index (κ1) is 10.3. The number of halogens is 1. The molecule has 1 aliphatic heterocycles. The monoisotopic (exact) mass is 179 g/mol. The van der Waals surface area contributed by atoms with Crippen molar-refractivity contribution in [2.75, 3.05) is 6.54 Å². The van der Waals surface area contributed by atoms with E-state index in [0.717, 1.165) is 0 Å². The number of rotatable bonds is 1. The van der Waals surface area contributed by atoms with Crippen molar-refractivity contribution in [2.24, 2.45) is 0 Å². The molecule has 1 aliphatic rings. The van der Waals surface area contributed by atoms with Crippen LogP contribution in [0.25, 0.3) is 0 Å². The number of nitrogens with one attached hydrogen (secondary N) is 1. The third-order valence-electron chi connectivity index (χ3n) is 1.22. The predicted octanol–water partition coefficient (Wildman–Crippen LogP) is 0.978. The van der Waals surface area contributed by atoms with Crippen LogP contribution in [0.1, 0.15) is 6.42 Å². The molecule has 0 aromatic heterocycles. The third kappa shape index (κ3) is 3.85. The molecule has 0 amide bonds. The molecule has 0 saturated heterocycles. The quantitative estimate of drug-likeness (QED) is 0.465. The first-order chi connectivity index (χ1) is 4.79. The van der Waals surface area contributed by atoms with Crippen LogP contribution in [-0.4, -0.2) is 24.0 Å². The second-order valence-corrected chi connectivity index (χ2v) is 1.99. The number of carbonyl (C=O) groups is 1. The van der Waals surface area contributed by atoms with Crippen molar-refractivity contribution < 1.29 is 14.6 Å². The fourth-order valence-electron chi connectivity index (χ4n) is 0.797. The summed E-state index contributed by atoms with van der Waals surface area (Å²) in [5.41, 5.74) is 0. The molecule has 0 aliphatic carbocycles. The normalized spacial score (nSPS) is 22.0. The average molecular weight is 180 g/mol. The summed E-state index contributed by atoms with van der Waals surface area (Å²) < 4.78 is 4.45. The maximum atomic E-state index is 9.98. The lowest BCUT2D eigenvalue weighted by atomic mass is 10.3. The molecule has 4 nitrogen and oxygen atoms in total. The minimum atomic E-state index is -1.23. The molecule has 11 heavy (non-hydrogen) atoms. The van der Waals surface area contributed by atoms with Crippen molar-refractivity contribution in [2.45, 2.75) is 12.6 Å². The van der Waals surface area contributed by atoms with E-state index in [1.165, 1.54) is 0 Å². The van der Waals surface area contributed by atoms with E-state index in [2.05, 4.69) is 10.1 Å². The van der Waals surface area contributed by atoms with Gasteiger partial charge in [-0.1, -0.05) is 12.2 Å². The van der Waals surface area contributed by atoms with Gasteiger partial charge in [0.05, 0.1) is 0 Å². The molecule has 0 bridgehead atoms. The molecule has 0 radical (unpaired) electrons. The van der Waals surface area contributed by atoms with Crippen molar-refractivity contribution in [3.8, 4) is 0 Å². The minimum Gasteiger partial charge on any atom is -0.450 e. The van der Waals surface area contributed by atoms with Crippen LogP contribution in [0, 0.1) is 0 Å². The minimum absolute atomic E-state index is 0. The Morgan fingerprint density at radius 2 is 2.36 bits per heavy atom.